The fraction of sp³-hybridized carbons (Fsp3) is 0.167. The Morgan fingerprint density at radius 2 is 1.65 bits per heavy atom. The monoisotopic (exact) mass is 435 g/mol. The van der Waals surface area contributed by atoms with Crippen molar-refractivity contribution in [3.05, 3.63) is 64.1 Å². The van der Waals surface area contributed by atoms with Crippen molar-refractivity contribution in [3.63, 3.8) is 0 Å². The van der Waals surface area contributed by atoms with Gasteiger partial charge in [0.05, 0.1) is 11.7 Å². The van der Waals surface area contributed by atoms with Crippen molar-refractivity contribution in [2.24, 2.45) is 0 Å². The van der Waals surface area contributed by atoms with Gasteiger partial charge < -0.3 is 4.74 Å². The van der Waals surface area contributed by atoms with Crippen LogP contribution in [0.4, 0.5) is 0 Å². The number of carbonyl (C=O) groups is 2. The number of ether oxygens (including phenoxy) is 1. The van der Waals surface area contributed by atoms with Crippen LogP contribution in [0.3, 0.4) is 0 Å². The molecule has 0 spiro atoms. The van der Waals surface area contributed by atoms with Gasteiger partial charge in [-0.1, -0.05) is 12.1 Å². The van der Waals surface area contributed by atoms with Gasteiger partial charge in [0.15, 0.2) is 5.11 Å². The molecule has 0 bridgehead atoms. The Balaban J connectivity index is 1.86. The smallest absolute Gasteiger partial charge is 0.270 e. The van der Waals surface area contributed by atoms with Crippen molar-refractivity contribution >= 4 is 45.1 Å². The highest BCUT2D eigenvalue weighted by molar-refractivity contribution is 9.10. The maximum Gasteiger partial charge on any atom is 0.270 e. The van der Waals surface area contributed by atoms with E-state index in [1.807, 2.05) is 13.8 Å². The van der Waals surface area contributed by atoms with Gasteiger partial charge >= 0.3 is 0 Å². The van der Waals surface area contributed by atoms with Crippen LogP contribution in [0.2, 0.25) is 0 Å². The number of hydrogen-bond acceptors (Lipinski definition) is 4. The second-order valence-corrected chi connectivity index (χ2v) is 6.80. The third kappa shape index (κ3) is 5.82. The molecule has 136 valence electrons. The van der Waals surface area contributed by atoms with E-state index in [0.717, 1.165) is 0 Å². The maximum atomic E-state index is 12.2. The predicted octanol–water partition coefficient (Wildman–Crippen LogP) is 3.19. The van der Waals surface area contributed by atoms with E-state index in [1.165, 1.54) is 0 Å². The molecule has 0 saturated heterocycles. The van der Waals surface area contributed by atoms with Crippen LogP contribution >= 0.6 is 28.1 Å². The van der Waals surface area contributed by atoms with E-state index < -0.39 is 5.91 Å². The number of hydrogen-bond donors (Lipinski definition) is 3. The van der Waals surface area contributed by atoms with Gasteiger partial charge in [0.25, 0.3) is 11.8 Å². The number of amides is 2. The fourth-order valence-electron chi connectivity index (χ4n) is 1.99. The van der Waals surface area contributed by atoms with Crippen LogP contribution < -0.4 is 20.9 Å². The molecular weight excluding hydrogens is 418 g/mol. The highest BCUT2D eigenvalue weighted by atomic mass is 79.9. The first kappa shape index (κ1) is 19.9. The van der Waals surface area contributed by atoms with Gasteiger partial charge in [0.2, 0.25) is 0 Å². The molecule has 0 aliphatic carbocycles. The number of rotatable bonds is 4. The van der Waals surface area contributed by atoms with E-state index in [4.69, 9.17) is 17.0 Å². The zero-order valence-electron chi connectivity index (χ0n) is 14.2. The zero-order chi connectivity index (χ0) is 19.1. The summed E-state index contributed by atoms with van der Waals surface area (Å²) in [6.07, 6.45) is 0.0553. The molecule has 0 aromatic heterocycles. The summed E-state index contributed by atoms with van der Waals surface area (Å²) >= 11 is 8.31. The van der Waals surface area contributed by atoms with Gasteiger partial charge in [0.1, 0.15) is 5.75 Å². The zero-order valence-corrected chi connectivity index (χ0v) is 16.6. The summed E-state index contributed by atoms with van der Waals surface area (Å²) in [6, 6.07) is 13.6. The first-order valence-corrected chi connectivity index (χ1v) is 9.00. The van der Waals surface area contributed by atoms with Crippen molar-refractivity contribution in [2.75, 3.05) is 0 Å². The van der Waals surface area contributed by atoms with Crippen LogP contribution in [0, 0.1) is 0 Å². The van der Waals surface area contributed by atoms with Crippen LogP contribution in [0.5, 0.6) is 5.75 Å². The third-order valence-corrected chi connectivity index (χ3v) is 4.02. The van der Waals surface area contributed by atoms with Gasteiger partial charge in [0, 0.05) is 10.0 Å². The minimum Gasteiger partial charge on any atom is -0.491 e. The molecule has 0 aliphatic rings. The van der Waals surface area contributed by atoms with Crippen LogP contribution in [0.25, 0.3) is 0 Å². The Bertz CT molecular complexity index is 810. The average Bonchev–Trinajstić information content (AvgIpc) is 2.60. The molecule has 0 radical (unpaired) electrons. The van der Waals surface area contributed by atoms with Gasteiger partial charge in [-0.25, -0.2) is 0 Å². The van der Waals surface area contributed by atoms with Crippen molar-refractivity contribution < 1.29 is 14.3 Å². The summed E-state index contributed by atoms with van der Waals surface area (Å²) in [6.45, 7) is 3.85. The molecule has 0 atom stereocenters. The summed E-state index contributed by atoms with van der Waals surface area (Å²) in [5.74, 6) is -0.101. The Kier molecular flexibility index (Phi) is 7.11. The van der Waals surface area contributed by atoms with Crippen LogP contribution in [-0.4, -0.2) is 23.0 Å². The summed E-state index contributed by atoms with van der Waals surface area (Å²) in [5.41, 5.74) is 5.79. The normalized spacial score (nSPS) is 10.2. The quantitative estimate of drug-likeness (QED) is 0.507. The number of halogens is 1. The van der Waals surface area contributed by atoms with Crippen LogP contribution in [0.1, 0.15) is 34.6 Å². The van der Waals surface area contributed by atoms with E-state index >= 15 is 0 Å². The number of nitrogens with one attached hydrogen (secondary N) is 3. The van der Waals surface area contributed by atoms with Gasteiger partial charge in [-0.15, -0.1) is 0 Å². The molecule has 0 aliphatic heterocycles. The predicted molar refractivity (Wildman–Crippen MR) is 107 cm³/mol. The molecule has 2 aromatic rings. The van der Waals surface area contributed by atoms with Crippen molar-refractivity contribution in [2.45, 2.75) is 20.0 Å². The average molecular weight is 436 g/mol. The topological polar surface area (TPSA) is 79.5 Å². The Hall–Kier alpha value is -2.45. The molecule has 2 rings (SSSR count). The molecule has 2 amide bonds. The molecule has 2 aromatic carbocycles. The Morgan fingerprint density at radius 1 is 1.00 bits per heavy atom. The lowest BCUT2D eigenvalue weighted by molar-refractivity contribution is 0.0934. The molecule has 8 heteroatoms. The first-order chi connectivity index (χ1) is 12.4. The Morgan fingerprint density at radius 3 is 2.27 bits per heavy atom. The maximum absolute atomic E-state index is 12.2. The van der Waals surface area contributed by atoms with E-state index in [9.17, 15) is 9.59 Å². The van der Waals surface area contributed by atoms with Crippen LogP contribution in [-0.2, 0) is 0 Å². The summed E-state index contributed by atoms with van der Waals surface area (Å²) in [4.78, 5) is 24.2. The van der Waals surface area contributed by atoms with E-state index in [-0.39, 0.29) is 17.1 Å². The number of hydrazine groups is 1. The minimum absolute atomic E-state index is 0.0158. The van der Waals surface area contributed by atoms with Gasteiger partial charge in [-0.3, -0.25) is 25.8 Å². The molecule has 0 heterocycles. The second kappa shape index (κ2) is 9.30. The largest absolute Gasteiger partial charge is 0.491 e. The summed E-state index contributed by atoms with van der Waals surface area (Å²) in [7, 11) is 0. The van der Waals surface area contributed by atoms with E-state index in [1.54, 1.807) is 48.5 Å². The van der Waals surface area contributed by atoms with Crippen LogP contribution in [0.15, 0.2) is 53.0 Å². The lowest BCUT2D eigenvalue weighted by atomic mass is 10.2. The molecule has 6 nitrogen and oxygen atoms in total. The molecule has 3 N–H and O–H groups in total. The highest BCUT2D eigenvalue weighted by Gasteiger charge is 2.11. The lowest BCUT2D eigenvalue weighted by Crippen LogP contribution is -2.48. The van der Waals surface area contributed by atoms with Crippen molar-refractivity contribution in [1.29, 1.82) is 0 Å². The number of benzene rings is 2. The summed E-state index contributed by atoms with van der Waals surface area (Å²) in [5, 5.41) is 2.48. The summed E-state index contributed by atoms with van der Waals surface area (Å²) < 4.78 is 6.18. The molecular formula is C18H18BrN3O3S. The highest BCUT2D eigenvalue weighted by Crippen LogP contribution is 2.15. The van der Waals surface area contributed by atoms with E-state index in [2.05, 4.69) is 32.1 Å². The molecule has 0 saturated carbocycles. The second-order valence-electron chi connectivity index (χ2n) is 5.53. The van der Waals surface area contributed by atoms with Gasteiger partial charge in [-0.05, 0) is 78.4 Å². The SMILES string of the molecule is CC(C)Oc1ccc(C(=O)NC(=S)NNC(=O)c2ccccc2Br)cc1. The number of thiocarbonyl (C=S) groups is 1. The lowest BCUT2D eigenvalue weighted by Gasteiger charge is -2.12. The van der Waals surface area contributed by atoms with E-state index in [0.29, 0.717) is 21.3 Å². The fourth-order valence-corrected chi connectivity index (χ4v) is 2.60. The van der Waals surface area contributed by atoms with Crippen molar-refractivity contribution in [3.8, 4) is 5.75 Å². The molecule has 26 heavy (non-hydrogen) atoms. The number of carbonyl (C=O) groups excluding carboxylic acids is 2. The minimum atomic E-state index is -0.395. The van der Waals surface area contributed by atoms with Crippen molar-refractivity contribution in [1.82, 2.24) is 16.2 Å². The first-order valence-electron chi connectivity index (χ1n) is 7.79. The molecule has 0 fully saturated rings. The third-order valence-electron chi connectivity index (χ3n) is 3.12. The van der Waals surface area contributed by atoms with Gasteiger partial charge in [-0.2, -0.15) is 0 Å². The Labute approximate surface area is 165 Å². The standard InChI is InChI=1S/C18H18BrN3O3S/c1-11(2)25-13-9-7-12(8-10-13)16(23)20-18(26)22-21-17(24)14-5-3-4-6-15(14)19/h3-11H,1-2H3,(H,21,24)(H2,20,22,23,26). The molecule has 0 unspecified atom stereocenters.